The standard InChI is InChI=1S/C17H19NO2/c1-13-12-15(14-6-3-2-4-7-14)9-10-18(13)17(19)16-8-5-11-20-16/h2-8,11,13,15H,9-10,12H2,1H3/t13-,15-/m0/s1. The van der Waals surface area contributed by atoms with Crippen LogP contribution in [0.4, 0.5) is 0 Å². The van der Waals surface area contributed by atoms with Crippen LogP contribution >= 0.6 is 0 Å². The Balaban J connectivity index is 1.70. The maximum Gasteiger partial charge on any atom is 0.289 e. The molecule has 3 rings (SSSR count). The highest BCUT2D eigenvalue weighted by molar-refractivity contribution is 5.91. The van der Waals surface area contributed by atoms with Gasteiger partial charge in [-0.05, 0) is 43.4 Å². The van der Waals surface area contributed by atoms with E-state index in [1.165, 1.54) is 5.56 Å². The maximum atomic E-state index is 12.3. The zero-order valence-corrected chi connectivity index (χ0v) is 11.7. The Morgan fingerprint density at radius 1 is 1.20 bits per heavy atom. The average Bonchev–Trinajstić information content (AvgIpc) is 3.01. The van der Waals surface area contributed by atoms with Crippen LogP contribution in [0.15, 0.2) is 53.1 Å². The van der Waals surface area contributed by atoms with Crippen molar-refractivity contribution < 1.29 is 9.21 Å². The SMILES string of the molecule is C[C@H]1C[C@@H](c2ccccc2)CCN1C(=O)c1ccco1. The molecule has 2 heterocycles. The molecule has 20 heavy (non-hydrogen) atoms. The van der Waals surface area contributed by atoms with Crippen LogP contribution in [0.2, 0.25) is 0 Å². The topological polar surface area (TPSA) is 33.5 Å². The number of hydrogen-bond acceptors (Lipinski definition) is 2. The molecule has 2 aromatic rings. The van der Waals surface area contributed by atoms with Crippen LogP contribution in [0.5, 0.6) is 0 Å². The van der Waals surface area contributed by atoms with Crippen molar-refractivity contribution in [1.82, 2.24) is 4.90 Å². The monoisotopic (exact) mass is 269 g/mol. The zero-order valence-electron chi connectivity index (χ0n) is 11.7. The number of piperidine rings is 1. The highest BCUT2D eigenvalue weighted by Gasteiger charge is 2.30. The van der Waals surface area contributed by atoms with Gasteiger partial charge in [-0.3, -0.25) is 4.79 Å². The van der Waals surface area contributed by atoms with E-state index in [2.05, 4.69) is 31.2 Å². The predicted octanol–water partition coefficient (Wildman–Crippen LogP) is 3.69. The van der Waals surface area contributed by atoms with E-state index in [4.69, 9.17) is 4.42 Å². The normalized spacial score (nSPS) is 22.8. The van der Waals surface area contributed by atoms with Gasteiger partial charge in [0.25, 0.3) is 5.91 Å². The van der Waals surface area contributed by atoms with Gasteiger partial charge in [-0.1, -0.05) is 30.3 Å². The molecule has 1 aromatic heterocycles. The van der Waals surface area contributed by atoms with Gasteiger partial charge in [-0.15, -0.1) is 0 Å². The van der Waals surface area contributed by atoms with Gasteiger partial charge in [-0.25, -0.2) is 0 Å². The fourth-order valence-electron chi connectivity index (χ4n) is 3.04. The molecule has 1 amide bonds. The lowest BCUT2D eigenvalue weighted by atomic mass is 9.86. The van der Waals surface area contributed by atoms with E-state index in [0.717, 1.165) is 19.4 Å². The first-order chi connectivity index (χ1) is 9.75. The van der Waals surface area contributed by atoms with Gasteiger partial charge >= 0.3 is 0 Å². The number of carbonyl (C=O) groups is 1. The molecule has 0 aliphatic carbocycles. The first-order valence-corrected chi connectivity index (χ1v) is 7.15. The minimum atomic E-state index is 0.00834. The van der Waals surface area contributed by atoms with E-state index in [0.29, 0.717) is 11.7 Å². The molecule has 104 valence electrons. The summed E-state index contributed by atoms with van der Waals surface area (Å²) < 4.78 is 5.22. The van der Waals surface area contributed by atoms with Crippen molar-refractivity contribution in [3.63, 3.8) is 0 Å². The molecule has 2 atom stereocenters. The van der Waals surface area contributed by atoms with Crippen molar-refractivity contribution in [1.29, 1.82) is 0 Å². The molecule has 0 unspecified atom stereocenters. The van der Waals surface area contributed by atoms with Crippen LogP contribution in [-0.4, -0.2) is 23.4 Å². The fourth-order valence-corrected chi connectivity index (χ4v) is 3.04. The molecule has 1 fully saturated rings. The Labute approximate surface area is 119 Å². The second kappa shape index (κ2) is 5.53. The Morgan fingerprint density at radius 2 is 2.00 bits per heavy atom. The fraction of sp³-hybridized carbons (Fsp3) is 0.353. The number of nitrogens with zero attached hydrogens (tertiary/aromatic N) is 1. The van der Waals surface area contributed by atoms with Crippen molar-refractivity contribution in [2.45, 2.75) is 31.7 Å². The number of carbonyl (C=O) groups excluding carboxylic acids is 1. The van der Waals surface area contributed by atoms with Crippen LogP contribution in [-0.2, 0) is 0 Å². The van der Waals surface area contributed by atoms with E-state index in [9.17, 15) is 4.79 Å². The Morgan fingerprint density at radius 3 is 2.65 bits per heavy atom. The van der Waals surface area contributed by atoms with Gasteiger partial charge in [0.1, 0.15) is 0 Å². The number of amides is 1. The van der Waals surface area contributed by atoms with E-state index in [1.54, 1.807) is 18.4 Å². The summed E-state index contributed by atoms with van der Waals surface area (Å²) in [5.74, 6) is 0.996. The largest absolute Gasteiger partial charge is 0.459 e. The smallest absolute Gasteiger partial charge is 0.289 e. The van der Waals surface area contributed by atoms with Gasteiger partial charge < -0.3 is 9.32 Å². The quantitative estimate of drug-likeness (QED) is 0.833. The third-order valence-electron chi connectivity index (χ3n) is 4.14. The summed E-state index contributed by atoms with van der Waals surface area (Å²) in [6.45, 7) is 2.91. The summed E-state index contributed by atoms with van der Waals surface area (Å²) in [5.41, 5.74) is 1.38. The highest BCUT2D eigenvalue weighted by Crippen LogP contribution is 2.32. The molecule has 0 N–H and O–H groups in total. The van der Waals surface area contributed by atoms with Crippen molar-refractivity contribution >= 4 is 5.91 Å². The van der Waals surface area contributed by atoms with Gasteiger partial charge in [-0.2, -0.15) is 0 Å². The average molecular weight is 269 g/mol. The first kappa shape index (κ1) is 13.0. The number of rotatable bonds is 2. The van der Waals surface area contributed by atoms with Crippen LogP contribution in [0.1, 0.15) is 41.8 Å². The number of furan rings is 1. The lowest BCUT2D eigenvalue weighted by molar-refractivity contribution is 0.0583. The van der Waals surface area contributed by atoms with E-state index < -0.39 is 0 Å². The minimum Gasteiger partial charge on any atom is -0.459 e. The molecule has 1 aliphatic heterocycles. The van der Waals surface area contributed by atoms with Crippen molar-refractivity contribution in [3.8, 4) is 0 Å². The number of hydrogen-bond donors (Lipinski definition) is 0. The van der Waals surface area contributed by atoms with Gasteiger partial charge in [0.2, 0.25) is 0 Å². The van der Waals surface area contributed by atoms with Crippen LogP contribution in [0, 0.1) is 0 Å². The van der Waals surface area contributed by atoms with Crippen LogP contribution < -0.4 is 0 Å². The Bertz CT molecular complexity index is 562. The molecule has 1 aromatic carbocycles. The molecule has 1 aliphatic rings. The summed E-state index contributed by atoms with van der Waals surface area (Å²) in [6, 6.07) is 14.3. The summed E-state index contributed by atoms with van der Waals surface area (Å²) in [6.07, 6.45) is 3.58. The van der Waals surface area contributed by atoms with Crippen molar-refractivity contribution in [2.75, 3.05) is 6.54 Å². The van der Waals surface area contributed by atoms with Crippen LogP contribution in [0.3, 0.4) is 0 Å². The van der Waals surface area contributed by atoms with Crippen molar-refractivity contribution in [2.24, 2.45) is 0 Å². The second-order valence-corrected chi connectivity index (χ2v) is 5.46. The summed E-state index contributed by atoms with van der Waals surface area (Å²) >= 11 is 0. The highest BCUT2D eigenvalue weighted by atomic mass is 16.3. The zero-order chi connectivity index (χ0) is 13.9. The molecular formula is C17H19NO2. The third kappa shape index (κ3) is 2.48. The van der Waals surface area contributed by atoms with E-state index >= 15 is 0 Å². The maximum absolute atomic E-state index is 12.3. The summed E-state index contributed by atoms with van der Waals surface area (Å²) in [4.78, 5) is 14.3. The Hall–Kier alpha value is -2.03. The van der Waals surface area contributed by atoms with Gasteiger partial charge in [0.15, 0.2) is 5.76 Å². The molecule has 0 spiro atoms. The first-order valence-electron chi connectivity index (χ1n) is 7.15. The lowest BCUT2D eigenvalue weighted by Crippen LogP contribution is -2.44. The molecular weight excluding hydrogens is 250 g/mol. The molecule has 3 heteroatoms. The van der Waals surface area contributed by atoms with Gasteiger partial charge in [0, 0.05) is 12.6 Å². The van der Waals surface area contributed by atoms with E-state index in [-0.39, 0.29) is 11.9 Å². The minimum absolute atomic E-state index is 0.00834. The summed E-state index contributed by atoms with van der Waals surface area (Å²) in [5, 5.41) is 0. The van der Waals surface area contributed by atoms with Crippen molar-refractivity contribution in [3.05, 3.63) is 60.1 Å². The number of benzene rings is 1. The molecule has 0 saturated carbocycles. The molecule has 0 bridgehead atoms. The molecule has 3 nitrogen and oxygen atoms in total. The Kier molecular flexibility index (Phi) is 3.59. The third-order valence-corrected chi connectivity index (χ3v) is 4.14. The number of likely N-dealkylation sites (tertiary alicyclic amines) is 1. The lowest BCUT2D eigenvalue weighted by Gasteiger charge is -2.37. The summed E-state index contributed by atoms with van der Waals surface area (Å²) in [7, 11) is 0. The van der Waals surface area contributed by atoms with Crippen LogP contribution in [0.25, 0.3) is 0 Å². The van der Waals surface area contributed by atoms with Gasteiger partial charge in [0.05, 0.1) is 6.26 Å². The second-order valence-electron chi connectivity index (χ2n) is 5.46. The van der Waals surface area contributed by atoms with E-state index in [1.807, 2.05) is 11.0 Å². The predicted molar refractivity (Wildman–Crippen MR) is 77.6 cm³/mol. The molecule has 0 radical (unpaired) electrons. The molecule has 1 saturated heterocycles.